The van der Waals surface area contributed by atoms with Gasteiger partial charge in [0.05, 0.1) is 12.3 Å². The van der Waals surface area contributed by atoms with Gasteiger partial charge in [-0.1, -0.05) is 13.8 Å². The van der Waals surface area contributed by atoms with Gasteiger partial charge in [0, 0.05) is 5.56 Å². The minimum atomic E-state index is 0.0451. The first-order valence-corrected chi connectivity index (χ1v) is 7.07. The first kappa shape index (κ1) is 15.6. The van der Waals surface area contributed by atoms with Crippen molar-refractivity contribution in [2.75, 3.05) is 18.1 Å². The molecule has 1 aromatic heterocycles. The van der Waals surface area contributed by atoms with Gasteiger partial charge in [-0.2, -0.15) is 10.2 Å². The zero-order chi connectivity index (χ0) is 16.1. The van der Waals surface area contributed by atoms with Crippen molar-refractivity contribution >= 4 is 11.8 Å². The lowest BCUT2D eigenvalue weighted by Crippen LogP contribution is -2.05. The van der Waals surface area contributed by atoms with Crippen molar-refractivity contribution in [3.63, 3.8) is 0 Å². The van der Waals surface area contributed by atoms with Crippen LogP contribution in [0.15, 0.2) is 24.3 Å². The van der Waals surface area contributed by atoms with Crippen LogP contribution in [0, 0.1) is 17.2 Å². The largest absolute Gasteiger partial charge is 0.494 e. The standard InChI is InChI=1S/C16H19N5O/c1-10(2)7-8-22-12-5-3-11(4-6-12)14-13(9-17)15(18)21-16(19)20-14/h3-6,10H,7-8H2,1-2H3,(H4,18,19,20,21). The van der Waals surface area contributed by atoms with Crippen LogP contribution in [0.5, 0.6) is 5.75 Å². The van der Waals surface area contributed by atoms with E-state index in [1.807, 2.05) is 30.3 Å². The molecule has 6 heteroatoms. The molecule has 0 atom stereocenters. The van der Waals surface area contributed by atoms with E-state index in [0.717, 1.165) is 17.7 Å². The highest BCUT2D eigenvalue weighted by Gasteiger charge is 2.13. The van der Waals surface area contributed by atoms with Gasteiger partial charge in [0.1, 0.15) is 23.2 Å². The predicted molar refractivity (Wildman–Crippen MR) is 86.0 cm³/mol. The van der Waals surface area contributed by atoms with Crippen molar-refractivity contribution in [2.45, 2.75) is 20.3 Å². The van der Waals surface area contributed by atoms with Crippen molar-refractivity contribution in [2.24, 2.45) is 5.92 Å². The number of hydrogen-bond donors (Lipinski definition) is 2. The van der Waals surface area contributed by atoms with Crippen LogP contribution in [-0.4, -0.2) is 16.6 Å². The van der Waals surface area contributed by atoms with Crippen molar-refractivity contribution in [3.8, 4) is 23.1 Å². The zero-order valence-electron chi connectivity index (χ0n) is 12.7. The van der Waals surface area contributed by atoms with Crippen molar-refractivity contribution < 1.29 is 4.74 Å². The molecule has 2 rings (SSSR count). The van der Waals surface area contributed by atoms with Gasteiger partial charge in [-0.3, -0.25) is 0 Å². The van der Waals surface area contributed by atoms with E-state index >= 15 is 0 Å². The lowest BCUT2D eigenvalue weighted by atomic mass is 10.1. The Balaban J connectivity index is 2.23. The van der Waals surface area contributed by atoms with Crippen LogP contribution in [0.25, 0.3) is 11.3 Å². The minimum absolute atomic E-state index is 0.0451. The Bertz CT molecular complexity index is 689. The fourth-order valence-corrected chi connectivity index (χ4v) is 1.94. The van der Waals surface area contributed by atoms with E-state index in [1.54, 1.807) is 0 Å². The third kappa shape index (κ3) is 3.64. The SMILES string of the molecule is CC(C)CCOc1ccc(-c2nc(N)nc(N)c2C#N)cc1. The van der Waals surface area contributed by atoms with Gasteiger partial charge in [0.2, 0.25) is 5.95 Å². The molecule has 2 aromatic rings. The number of nitrogens with two attached hydrogens (primary N) is 2. The number of hydrogen-bond acceptors (Lipinski definition) is 6. The molecular formula is C16H19N5O. The van der Waals surface area contributed by atoms with Crippen LogP contribution < -0.4 is 16.2 Å². The van der Waals surface area contributed by atoms with Gasteiger partial charge in [0.25, 0.3) is 0 Å². The molecule has 0 fully saturated rings. The maximum atomic E-state index is 9.20. The van der Waals surface area contributed by atoms with Crippen LogP contribution in [0.3, 0.4) is 0 Å². The molecular weight excluding hydrogens is 278 g/mol. The summed E-state index contributed by atoms with van der Waals surface area (Å²) in [7, 11) is 0. The number of ether oxygens (including phenoxy) is 1. The summed E-state index contributed by atoms with van der Waals surface area (Å²) in [5.41, 5.74) is 12.7. The van der Waals surface area contributed by atoms with E-state index in [4.69, 9.17) is 16.2 Å². The second kappa shape index (κ2) is 6.76. The van der Waals surface area contributed by atoms with Crippen LogP contribution in [0.1, 0.15) is 25.8 Å². The predicted octanol–water partition coefficient (Wildman–Crippen LogP) is 2.60. The fraction of sp³-hybridized carbons (Fsp3) is 0.312. The molecule has 6 nitrogen and oxygen atoms in total. The highest BCUT2D eigenvalue weighted by molar-refractivity contribution is 5.73. The molecule has 0 aliphatic heterocycles. The Kier molecular flexibility index (Phi) is 4.79. The highest BCUT2D eigenvalue weighted by Crippen LogP contribution is 2.27. The van der Waals surface area contributed by atoms with E-state index in [-0.39, 0.29) is 17.3 Å². The summed E-state index contributed by atoms with van der Waals surface area (Å²) >= 11 is 0. The number of aromatic nitrogens is 2. The highest BCUT2D eigenvalue weighted by atomic mass is 16.5. The van der Waals surface area contributed by atoms with E-state index in [0.29, 0.717) is 18.2 Å². The van der Waals surface area contributed by atoms with Gasteiger partial charge >= 0.3 is 0 Å². The van der Waals surface area contributed by atoms with E-state index < -0.39 is 0 Å². The molecule has 0 radical (unpaired) electrons. The molecule has 0 aliphatic carbocycles. The Morgan fingerprint density at radius 2 is 1.86 bits per heavy atom. The normalized spacial score (nSPS) is 10.5. The van der Waals surface area contributed by atoms with Gasteiger partial charge in [-0.15, -0.1) is 0 Å². The van der Waals surface area contributed by atoms with Crippen LogP contribution in [0.4, 0.5) is 11.8 Å². The summed E-state index contributed by atoms with van der Waals surface area (Å²) in [6.07, 6.45) is 0.999. The van der Waals surface area contributed by atoms with Crippen LogP contribution in [0.2, 0.25) is 0 Å². The molecule has 22 heavy (non-hydrogen) atoms. The molecule has 0 amide bonds. The first-order chi connectivity index (χ1) is 10.5. The smallest absolute Gasteiger partial charge is 0.222 e. The third-order valence-electron chi connectivity index (χ3n) is 3.16. The second-order valence-corrected chi connectivity index (χ2v) is 5.36. The number of nitriles is 1. The number of nitrogen functional groups attached to an aromatic ring is 2. The fourth-order valence-electron chi connectivity index (χ4n) is 1.94. The van der Waals surface area contributed by atoms with Crippen molar-refractivity contribution in [1.82, 2.24) is 9.97 Å². The van der Waals surface area contributed by atoms with Crippen LogP contribution in [-0.2, 0) is 0 Å². The molecule has 1 aromatic carbocycles. The number of benzene rings is 1. The van der Waals surface area contributed by atoms with E-state index in [9.17, 15) is 5.26 Å². The van der Waals surface area contributed by atoms with Gasteiger partial charge in [-0.05, 0) is 36.6 Å². The Hall–Kier alpha value is -2.81. The summed E-state index contributed by atoms with van der Waals surface area (Å²) < 4.78 is 5.66. The average molecular weight is 297 g/mol. The molecule has 0 saturated carbocycles. The van der Waals surface area contributed by atoms with Crippen molar-refractivity contribution in [1.29, 1.82) is 5.26 Å². The number of nitrogens with zero attached hydrogens (tertiary/aromatic N) is 3. The monoisotopic (exact) mass is 297 g/mol. The maximum absolute atomic E-state index is 9.20. The Morgan fingerprint density at radius 1 is 1.18 bits per heavy atom. The molecule has 4 N–H and O–H groups in total. The third-order valence-corrected chi connectivity index (χ3v) is 3.16. The van der Waals surface area contributed by atoms with Gasteiger partial charge < -0.3 is 16.2 Å². The number of anilines is 2. The lowest BCUT2D eigenvalue weighted by molar-refractivity contribution is 0.289. The Labute approximate surface area is 129 Å². The molecule has 0 aliphatic rings. The molecule has 0 bridgehead atoms. The molecule has 0 saturated heterocycles. The summed E-state index contributed by atoms with van der Waals surface area (Å²) in [6.45, 7) is 4.98. The molecule has 114 valence electrons. The van der Waals surface area contributed by atoms with E-state index in [2.05, 4.69) is 23.8 Å². The molecule has 1 heterocycles. The average Bonchev–Trinajstić information content (AvgIpc) is 2.47. The van der Waals surface area contributed by atoms with Crippen molar-refractivity contribution in [3.05, 3.63) is 29.8 Å². The summed E-state index contributed by atoms with van der Waals surface area (Å²) in [6, 6.07) is 9.34. The lowest BCUT2D eigenvalue weighted by Gasteiger charge is -2.10. The summed E-state index contributed by atoms with van der Waals surface area (Å²) in [4.78, 5) is 7.92. The minimum Gasteiger partial charge on any atom is -0.494 e. The summed E-state index contributed by atoms with van der Waals surface area (Å²) in [5, 5.41) is 9.20. The zero-order valence-corrected chi connectivity index (χ0v) is 12.7. The quantitative estimate of drug-likeness (QED) is 0.877. The van der Waals surface area contributed by atoms with Crippen LogP contribution >= 0.6 is 0 Å². The van der Waals surface area contributed by atoms with Gasteiger partial charge in [-0.25, -0.2) is 4.98 Å². The summed E-state index contributed by atoms with van der Waals surface area (Å²) in [5.74, 6) is 1.51. The topological polar surface area (TPSA) is 111 Å². The Morgan fingerprint density at radius 3 is 2.45 bits per heavy atom. The van der Waals surface area contributed by atoms with Gasteiger partial charge in [0.15, 0.2) is 0 Å². The molecule has 0 spiro atoms. The first-order valence-electron chi connectivity index (χ1n) is 7.07. The maximum Gasteiger partial charge on any atom is 0.222 e. The van der Waals surface area contributed by atoms with E-state index in [1.165, 1.54) is 0 Å². The second-order valence-electron chi connectivity index (χ2n) is 5.36. The number of rotatable bonds is 5. The molecule has 0 unspecified atom stereocenters.